The minimum atomic E-state index is -3.75. The van der Waals surface area contributed by atoms with Crippen molar-refractivity contribution in [3.05, 3.63) is 23.5 Å². The topological polar surface area (TPSA) is 79.3 Å². The van der Waals surface area contributed by atoms with E-state index in [0.717, 1.165) is 0 Å². The Kier molecular flexibility index (Phi) is 5.32. The van der Waals surface area contributed by atoms with Gasteiger partial charge in [0.1, 0.15) is 4.90 Å². The Balaban J connectivity index is 3.05. The molecule has 1 atom stereocenters. The molecule has 2 N–H and O–H groups in total. The Morgan fingerprint density at radius 2 is 2.11 bits per heavy atom. The molecule has 1 aromatic rings. The summed E-state index contributed by atoms with van der Waals surface area (Å²) in [5.74, 6) is 0. The second-order valence-electron chi connectivity index (χ2n) is 5.36. The first-order chi connectivity index (χ1) is 8.68. The van der Waals surface area contributed by atoms with Gasteiger partial charge in [0.15, 0.2) is 0 Å². The number of halogens is 1. The van der Waals surface area contributed by atoms with Crippen LogP contribution >= 0.6 is 11.6 Å². The van der Waals surface area contributed by atoms with Gasteiger partial charge in [-0.1, -0.05) is 32.4 Å². The van der Waals surface area contributed by atoms with E-state index < -0.39 is 16.1 Å². The number of pyridine rings is 1. The molecule has 0 fully saturated rings. The zero-order chi connectivity index (χ0) is 14.7. The second kappa shape index (κ2) is 6.17. The Labute approximate surface area is 119 Å². The molecule has 0 spiro atoms. The zero-order valence-electron chi connectivity index (χ0n) is 11.2. The SMILES string of the molecule is CC(C)(C)C(CCO)NS(=O)(=O)c1cnccc1Cl. The summed E-state index contributed by atoms with van der Waals surface area (Å²) in [7, 11) is -3.75. The van der Waals surface area contributed by atoms with Gasteiger partial charge < -0.3 is 5.11 Å². The summed E-state index contributed by atoms with van der Waals surface area (Å²) in [5.41, 5.74) is -0.315. The first kappa shape index (κ1) is 16.4. The summed E-state index contributed by atoms with van der Waals surface area (Å²) < 4.78 is 27.1. The predicted octanol–water partition coefficient (Wildman–Crippen LogP) is 1.81. The number of nitrogens with zero attached hydrogens (tertiary/aromatic N) is 1. The van der Waals surface area contributed by atoms with Crippen molar-refractivity contribution < 1.29 is 13.5 Å². The highest BCUT2D eigenvalue weighted by Crippen LogP contribution is 2.25. The van der Waals surface area contributed by atoms with Crippen LogP contribution in [0.5, 0.6) is 0 Å². The molecule has 19 heavy (non-hydrogen) atoms. The highest BCUT2D eigenvalue weighted by atomic mass is 35.5. The smallest absolute Gasteiger partial charge is 0.243 e. The number of aromatic nitrogens is 1. The van der Waals surface area contributed by atoms with Gasteiger partial charge in [0.25, 0.3) is 0 Å². The number of hydrogen-bond donors (Lipinski definition) is 2. The van der Waals surface area contributed by atoms with Crippen molar-refractivity contribution in [2.24, 2.45) is 5.41 Å². The fourth-order valence-electron chi connectivity index (χ4n) is 1.61. The Hall–Kier alpha value is -0.690. The van der Waals surface area contributed by atoms with Crippen LogP contribution in [0.2, 0.25) is 5.02 Å². The molecule has 0 aliphatic heterocycles. The van der Waals surface area contributed by atoms with E-state index in [1.54, 1.807) is 0 Å². The van der Waals surface area contributed by atoms with E-state index in [1.165, 1.54) is 18.5 Å². The van der Waals surface area contributed by atoms with Crippen LogP contribution in [-0.4, -0.2) is 31.2 Å². The maximum absolute atomic E-state index is 12.3. The molecule has 0 aliphatic carbocycles. The molecule has 5 nitrogen and oxygen atoms in total. The minimum Gasteiger partial charge on any atom is -0.396 e. The van der Waals surface area contributed by atoms with E-state index in [0.29, 0.717) is 6.42 Å². The van der Waals surface area contributed by atoms with Gasteiger partial charge in [-0.05, 0) is 17.9 Å². The first-order valence-electron chi connectivity index (χ1n) is 5.91. The lowest BCUT2D eigenvalue weighted by atomic mass is 9.86. The summed E-state index contributed by atoms with van der Waals surface area (Å²) in [4.78, 5) is 3.72. The monoisotopic (exact) mass is 306 g/mol. The van der Waals surface area contributed by atoms with Crippen molar-refractivity contribution in [2.45, 2.75) is 38.1 Å². The van der Waals surface area contributed by atoms with Crippen LogP contribution in [0.4, 0.5) is 0 Å². The number of aliphatic hydroxyl groups excluding tert-OH is 1. The largest absolute Gasteiger partial charge is 0.396 e. The lowest BCUT2D eigenvalue weighted by Gasteiger charge is -2.30. The number of hydrogen-bond acceptors (Lipinski definition) is 4. The number of aliphatic hydroxyl groups is 1. The van der Waals surface area contributed by atoms with Crippen molar-refractivity contribution in [1.29, 1.82) is 0 Å². The second-order valence-corrected chi connectivity index (χ2v) is 7.45. The van der Waals surface area contributed by atoms with Crippen molar-refractivity contribution in [2.75, 3.05) is 6.61 Å². The standard InChI is InChI=1S/C12H19ClN2O3S/c1-12(2,3)11(5-7-16)15-19(17,18)10-8-14-6-4-9(10)13/h4,6,8,11,15-16H,5,7H2,1-3H3. The van der Waals surface area contributed by atoms with Crippen LogP contribution < -0.4 is 4.72 Å². The average Bonchev–Trinajstić information content (AvgIpc) is 2.27. The highest BCUT2D eigenvalue weighted by Gasteiger charge is 2.30. The van der Waals surface area contributed by atoms with Gasteiger partial charge in [-0.15, -0.1) is 0 Å². The summed E-state index contributed by atoms with van der Waals surface area (Å²) in [6.07, 6.45) is 2.97. The van der Waals surface area contributed by atoms with E-state index in [4.69, 9.17) is 16.7 Å². The number of rotatable bonds is 5. The third-order valence-electron chi connectivity index (χ3n) is 2.78. The Morgan fingerprint density at radius 1 is 1.47 bits per heavy atom. The molecule has 0 aromatic carbocycles. The lowest BCUT2D eigenvalue weighted by Crippen LogP contribution is -2.44. The summed E-state index contributed by atoms with van der Waals surface area (Å²) in [6.45, 7) is 5.62. The van der Waals surface area contributed by atoms with Crippen LogP contribution in [0.3, 0.4) is 0 Å². The molecule has 1 heterocycles. The van der Waals surface area contributed by atoms with Crippen molar-refractivity contribution in [3.63, 3.8) is 0 Å². The molecule has 7 heteroatoms. The zero-order valence-corrected chi connectivity index (χ0v) is 12.8. The molecule has 0 radical (unpaired) electrons. The summed E-state index contributed by atoms with van der Waals surface area (Å²) in [6, 6.07) is 1.03. The third kappa shape index (κ3) is 4.42. The van der Waals surface area contributed by atoms with E-state index in [2.05, 4.69) is 9.71 Å². The first-order valence-corrected chi connectivity index (χ1v) is 7.77. The Bertz CT molecular complexity index is 526. The van der Waals surface area contributed by atoms with Gasteiger partial charge in [0, 0.05) is 25.0 Å². The van der Waals surface area contributed by atoms with Gasteiger partial charge in [0.05, 0.1) is 5.02 Å². The molecule has 0 bridgehead atoms. The van der Waals surface area contributed by atoms with Crippen LogP contribution in [0, 0.1) is 5.41 Å². The van der Waals surface area contributed by atoms with Gasteiger partial charge in [-0.3, -0.25) is 4.98 Å². The maximum atomic E-state index is 12.3. The van der Waals surface area contributed by atoms with E-state index in [-0.39, 0.29) is 21.9 Å². The molecule has 0 amide bonds. The lowest BCUT2D eigenvalue weighted by molar-refractivity contribution is 0.214. The molecular weight excluding hydrogens is 288 g/mol. The third-order valence-corrected chi connectivity index (χ3v) is 4.73. The van der Waals surface area contributed by atoms with Crippen LogP contribution in [0.25, 0.3) is 0 Å². The van der Waals surface area contributed by atoms with Crippen LogP contribution in [0.1, 0.15) is 27.2 Å². The maximum Gasteiger partial charge on any atom is 0.243 e. The summed E-state index contributed by atoms with van der Waals surface area (Å²) >= 11 is 5.87. The van der Waals surface area contributed by atoms with Gasteiger partial charge >= 0.3 is 0 Å². The normalized spacial score (nSPS) is 14.4. The Morgan fingerprint density at radius 3 is 2.58 bits per heavy atom. The molecular formula is C12H19ClN2O3S. The van der Waals surface area contributed by atoms with Crippen molar-refractivity contribution in [3.8, 4) is 0 Å². The minimum absolute atomic E-state index is 0.0520. The number of sulfonamides is 1. The van der Waals surface area contributed by atoms with Crippen molar-refractivity contribution in [1.82, 2.24) is 9.71 Å². The molecule has 1 unspecified atom stereocenters. The molecule has 1 aromatic heterocycles. The molecule has 1 rings (SSSR count). The van der Waals surface area contributed by atoms with Gasteiger partial charge in [-0.2, -0.15) is 0 Å². The average molecular weight is 307 g/mol. The van der Waals surface area contributed by atoms with Gasteiger partial charge in [-0.25, -0.2) is 13.1 Å². The molecule has 108 valence electrons. The van der Waals surface area contributed by atoms with Crippen LogP contribution in [-0.2, 0) is 10.0 Å². The van der Waals surface area contributed by atoms with Crippen LogP contribution in [0.15, 0.2) is 23.4 Å². The summed E-state index contributed by atoms with van der Waals surface area (Å²) in [5, 5.41) is 9.17. The van der Waals surface area contributed by atoms with E-state index in [1.807, 2.05) is 20.8 Å². The predicted molar refractivity (Wildman–Crippen MR) is 74.5 cm³/mol. The van der Waals surface area contributed by atoms with Crippen molar-refractivity contribution >= 4 is 21.6 Å². The number of nitrogens with one attached hydrogen (secondary N) is 1. The molecule has 0 aliphatic rings. The van der Waals surface area contributed by atoms with E-state index >= 15 is 0 Å². The fourth-order valence-corrected chi connectivity index (χ4v) is 3.52. The molecule has 0 saturated heterocycles. The van der Waals surface area contributed by atoms with E-state index in [9.17, 15) is 8.42 Å². The van der Waals surface area contributed by atoms with Gasteiger partial charge in [0.2, 0.25) is 10.0 Å². The quantitative estimate of drug-likeness (QED) is 0.869. The highest BCUT2D eigenvalue weighted by molar-refractivity contribution is 7.89. The molecule has 0 saturated carbocycles. The fraction of sp³-hybridized carbons (Fsp3) is 0.583.